The smallest absolute Gasteiger partial charge is 0.284 e. The second-order valence-corrected chi connectivity index (χ2v) is 6.80. The van der Waals surface area contributed by atoms with Crippen LogP contribution < -0.4 is 10.8 Å². The number of hydrogen-bond acceptors (Lipinski definition) is 4. The Labute approximate surface area is 151 Å². The molecule has 1 amide bonds. The van der Waals surface area contributed by atoms with Crippen molar-refractivity contribution < 1.29 is 10.0 Å². The Hall–Kier alpha value is -2.47. The molecule has 3 rings (SSSR count). The zero-order valence-electron chi connectivity index (χ0n) is 13.7. The van der Waals surface area contributed by atoms with Gasteiger partial charge in [-0.15, -0.1) is 11.3 Å². The molecule has 0 radical (unpaired) electrons. The molecule has 0 aliphatic heterocycles. The first kappa shape index (κ1) is 17.4. The van der Waals surface area contributed by atoms with Crippen LogP contribution in [0, 0.1) is 0 Å². The summed E-state index contributed by atoms with van der Waals surface area (Å²) in [5, 5.41) is 12.1. The molecule has 0 atom stereocenters. The van der Waals surface area contributed by atoms with Gasteiger partial charge in [0.05, 0.1) is 4.88 Å². The minimum absolute atomic E-state index is 0.476. The van der Waals surface area contributed by atoms with Gasteiger partial charge in [-0.25, -0.2) is 5.48 Å². The number of hydroxylamine groups is 1. The molecule has 0 unspecified atom stereocenters. The van der Waals surface area contributed by atoms with Crippen LogP contribution in [0.4, 0.5) is 0 Å². The highest BCUT2D eigenvalue weighted by Crippen LogP contribution is 2.28. The van der Waals surface area contributed by atoms with E-state index < -0.39 is 5.91 Å². The van der Waals surface area contributed by atoms with Gasteiger partial charge in [-0.3, -0.25) is 10.0 Å². The Morgan fingerprint density at radius 3 is 2.40 bits per heavy atom. The van der Waals surface area contributed by atoms with E-state index in [0.29, 0.717) is 4.88 Å². The normalized spacial score (nSPS) is 10.6. The molecule has 25 heavy (non-hydrogen) atoms. The van der Waals surface area contributed by atoms with E-state index in [-0.39, 0.29) is 0 Å². The average molecular weight is 352 g/mol. The molecular formula is C20H20N2O2S. The quantitative estimate of drug-likeness (QED) is 0.344. The van der Waals surface area contributed by atoms with Gasteiger partial charge >= 0.3 is 0 Å². The van der Waals surface area contributed by atoms with E-state index in [0.717, 1.165) is 30.0 Å². The maximum Gasteiger partial charge on any atom is 0.284 e. The van der Waals surface area contributed by atoms with Crippen LogP contribution >= 0.6 is 11.3 Å². The molecule has 3 aromatic rings. The number of hydrogen-bond donors (Lipinski definition) is 3. The monoisotopic (exact) mass is 352 g/mol. The summed E-state index contributed by atoms with van der Waals surface area (Å²) in [6, 6.07) is 22.3. The molecule has 0 bridgehead atoms. The Morgan fingerprint density at radius 1 is 0.920 bits per heavy atom. The fourth-order valence-electron chi connectivity index (χ4n) is 2.57. The zero-order valence-corrected chi connectivity index (χ0v) is 14.6. The molecule has 4 nitrogen and oxygen atoms in total. The summed E-state index contributed by atoms with van der Waals surface area (Å²) < 4.78 is 0. The molecular weight excluding hydrogens is 332 g/mol. The highest BCUT2D eigenvalue weighted by atomic mass is 32.1. The van der Waals surface area contributed by atoms with E-state index >= 15 is 0 Å². The molecule has 0 aliphatic carbocycles. The summed E-state index contributed by atoms with van der Waals surface area (Å²) in [6.07, 6.45) is 1.02. The lowest BCUT2D eigenvalue weighted by atomic mass is 10.1. The van der Waals surface area contributed by atoms with Gasteiger partial charge in [0, 0.05) is 11.4 Å². The van der Waals surface area contributed by atoms with Crippen LogP contribution in [0.15, 0.2) is 66.7 Å². The predicted octanol–water partition coefficient (Wildman–Crippen LogP) is 3.87. The second kappa shape index (κ2) is 8.58. The van der Waals surface area contributed by atoms with E-state index in [4.69, 9.17) is 5.21 Å². The first-order valence-electron chi connectivity index (χ1n) is 8.14. The minimum Gasteiger partial charge on any atom is -0.312 e. The summed E-state index contributed by atoms with van der Waals surface area (Å²) in [4.78, 5) is 12.9. The van der Waals surface area contributed by atoms with Crippen LogP contribution in [0.25, 0.3) is 10.4 Å². The molecule has 0 saturated carbocycles. The van der Waals surface area contributed by atoms with Crippen LogP contribution in [0.3, 0.4) is 0 Å². The standard InChI is InChI=1S/C20H20N2O2S/c23-20(22-24)19-11-10-18(25-19)17-8-6-16(7-9-17)14-21-13-12-15-4-2-1-3-5-15/h1-11,21,24H,12-14H2,(H,22,23). The van der Waals surface area contributed by atoms with Crippen LogP contribution in [0.5, 0.6) is 0 Å². The van der Waals surface area contributed by atoms with Crippen molar-refractivity contribution in [3.63, 3.8) is 0 Å². The van der Waals surface area contributed by atoms with Crippen molar-refractivity contribution in [2.45, 2.75) is 13.0 Å². The van der Waals surface area contributed by atoms with Crippen molar-refractivity contribution in [3.8, 4) is 10.4 Å². The Morgan fingerprint density at radius 2 is 1.68 bits per heavy atom. The third-order valence-corrected chi connectivity index (χ3v) is 5.07. The molecule has 0 aliphatic rings. The van der Waals surface area contributed by atoms with Gasteiger partial charge in [-0.1, -0.05) is 54.6 Å². The molecule has 0 spiro atoms. The number of carbonyl (C=O) groups is 1. The third kappa shape index (κ3) is 4.76. The van der Waals surface area contributed by atoms with Crippen LogP contribution in [-0.4, -0.2) is 17.7 Å². The number of benzene rings is 2. The van der Waals surface area contributed by atoms with Crippen molar-refractivity contribution >= 4 is 17.2 Å². The molecule has 128 valence electrons. The molecule has 0 saturated heterocycles. The summed E-state index contributed by atoms with van der Waals surface area (Å²) in [5.74, 6) is -0.476. The number of nitrogens with one attached hydrogen (secondary N) is 2. The topological polar surface area (TPSA) is 61.4 Å². The first-order chi connectivity index (χ1) is 12.3. The maximum absolute atomic E-state index is 11.4. The zero-order chi connectivity index (χ0) is 17.5. The predicted molar refractivity (Wildman–Crippen MR) is 101 cm³/mol. The van der Waals surface area contributed by atoms with Gasteiger partial charge in [-0.2, -0.15) is 0 Å². The third-order valence-electron chi connectivity index (χ3n) is 3.93. The highest BCUT2D eigenvalue weighted by molar-refractivity contribution is 7.17. The summed E-state index contributed by atoms with van der Waals surface area (Å²) in [5.41, 5.74) is 5.29. The molecule has 1 heterocycles. The number of amides is 1. The van der Waals surface area contributed by atoms with Crippen LogP contribution in [-0.2, 0) is 13.0 Å². The first-order valence-corrected chi connectivity index (χ1v) is 8.96. The van der Waals surface area contributed by atoms with E-state index in [1.54, 1.807) is 11.5 Å². The van der Waals surface area contributed by atoms with Crippen molar-refractivity contribution in [2.24, 2.45) is 0 Å². The SMILES string of the molecule is O=C(NO)c1ccc(-c2ccc(CNCCc3ccccc3)cc2)s1. The van der Waals surface area contributed by atoms with E-state index in [2.05, 4.69) is 53.8 Å². The number of rotatable bonds is 7. The van der Waals surface area contributed by atoms with E-state index in [1.807, 2.05) is 12.1 Å². The molecule has 2 aromatic carbocycles. The fourth-order valence-corrected chi connectivity index (χ4v) is 3.47. The molecule has 5 heteroatoms. The van der Waals surface area contributed by atoms with Crippen molar-refractivity contribution in [3.05, 3.63) is 82.7 Å². The molecule has 0 fully saturated rings. The lowest BCUT2D eigenvalue weighted by Crippen LogP contribution is -2.16. The Bertz CT molecular complexity index is 813. The maximum atomic E-state index is 11.4. The minimum atomic E-state index is -0.476. The second-order valence-electron chi connectivity index (χ2n) is 5.71. The van der Waals surface area contributed by atoms with Crippen LogP contribution in [0.1, 0.15) is 20.8 Å². The van der Waals surface area contributed by atoms with E-state index in [1.165, 1.54) is 22.5 Å². The van der Waals surface area contributed by atoms with E-state index in [9.17, 15) is 4.79 Å². The van der Waals surface area contributed by atoms with Gasteiger partial charge in [-0.05, 0) is 41.8 Å². The lowest BCUT2D eigenvalue weighted by molar-refractivity contribution is 0.0711. The summed E-state index contributed by atoms with van der Waals surface area (Å²) >= 11 is 1.36. The number of carbonyl (C=O) groups excluding carboxylic acids is 1. The largest absolute Gasteiger partial charge is 0.312 e. The summed E-state index contributed by atoms with van der Waals surface area (Å²) in [6.45, 7) is 1.77. The van der Waals surface area contributed by atoms with Crippen molar-refractivity contribution in [1.29, 1.82) is 0 Å². The van der Waals surface area contributed by atoms with Gasteiger partial charge < -0.3 is 5.32 Å². The fraction of sp³-hybridized carbons (Fsp3) is 0.150. The van der Waals surface area contributed by atoms with Gasteiger partial charge in [0.1, 0.15) is 0 Å². The van der Waals surface area contributed by atoms with Crippen LogP contribution in [0.2, 0.25) is 0 Å². The summed E-state index contributed by atoms with van der Waals surface area (Å²) in [7, 11) is 0. The van der Waals surface area contributed by atoms with Gasteiger partial charge in [0.15, 0.2) is 0 Å². The van der Waals surface area contributed by atoms with Gasteiger partial charge in [0.2, 0.25) is 0 Å². The number of thiophene rings is 1. The lowest BCUT2D eigenvalue weighted by Gasteiger charge is -2.06. The average Bonchev–Trinajstić information content (AvgIpc) is 3.16. The van der Waals surface area contributed by atoms with Crippen molar-refractivity contribution in [2.75, 3.05) is 6.54 Å². The van der Waals surface area contributed by atoms with Gasteiger partial charge in [0.25, 0.3) is 5.91 Å². The van der Waals surface area contributed by atoms with Crippen molar-refractivity contribution in [1.82, 2.24) is 10.8 Å². The molecule has 3 N–H and O–H groups in total. The Balaban J connectivity index is 1.52. The molecule has 1 aromatic heterocycles. The highest BCUT2D eigenvalue weighted by Gasteiger charge is 2.09. The Kier molecular flexibility index (Phi) is 5.95.